The van der Waals surface area contributed by atoms with Gasteiger partial charge in [0.15, 0.2) is 0 Å². The van der Waals surface area contributed by atoms with E-state index in [2.05, 4.69) is 18.9 Å². The van der Waals surface area contributed by atoms with Gasteiger partial charge < -0.3 is 4.90 Å². The molecule has 1 aliphatic rings. The second kappa shape index (κ2) is 5.27. The summed E-state index contributed by atoms with van der Waals surface area (Å²) in [7, 11) is 0. The summed E-state index contributed by atoms with van der Waals surface area (Å²) in [6, 6.07) is 6.02. The summed E-state index contributed by atoms with van der Waals surface area (Å²) in [5, 5.41) is 4.62. The Morgan fingerprint density at radius 1 is 1.40 bits per heavy atom. The molecular weight excluding hydrogens is 250 g/mol. The number of aryl methyl sites for hydroxylation is 1. The van der Waals surface area contributed by atoms with Crippen LogP contribution in [0.5, 0.6) is 0 Å². The number of rotatable bonds is 5. The highest BCUT2D eigenvalue weighted by Crippen LogP contribution is 2.35. The zero-order valence-electron chi connectivity index (χ0n) is 12.2. The number of carbonyl (C=O) groups excluding carboxylic acids is 1. The first-order chi connectivity index (χ1) is 9.76. The molecule has 106 valence electrons. The van der Waals surface area contributed by atoms with Crippen LogP contribution >= 0.6 is 0 Å². The first-order valence-electron chi connectivity index (χ1n) is 7.53. The predicted molar refractivity (Wildman–Crippen MR) is 79.9 cm³/mol. The Morgan fingerprint density at radius 2 is 2.20 bits per heavy atom. The lowest BCUT2D eigenvalue weighted by Gasteiger charge is -2.22. The van der Waals surface area contributed by atoms with Gasteiger partial charge in [-0.1, -0.05) is 19.9 Å². The third-order valence-corrected chi connectivity index (χ3v) is 3.83. The minimum Gasteiger partial charge on any atom is -0.309 e. The lowest BCUT2D eigenvalue weighted by atomic mass is 10.2. The van der Waals surface area contributed by atoms with Crippen LogP contribution in [0.15, 0.2) is 24.4 Å². The first-order valence-corrected chi connectivity index (χ1v) is 7.53. The molecule has 1 saturated carbocycles. The van der Waals surface area contributed by atoms with Crippen molar-refractivity contribution in [3.8, 4) is 0 Å². The molecule has 0 N–H and O–H groups in total. The molecule has 2 heterocycles. The predicted octanol–water partition coefficient (Wildman–Crippen LogP) is 3.05. The van der Waals surface area contributed by atoms with Gasteiger partial charge in [0.05, 0.1) is 16.9 Å². The molecule has 20 heavy (non-hydrogen) atoms. The molecular formula is C16H21N3O. The highest BCUT2D eigenvalue weighted by atomic mass is 16.2. The standard InChI is InChI=1S/C16H21N3O/c1-3-10-18(16(20)12-8-9-12)15-13(4-2)17-19-11-6-5-7-14(15)19/h5-7,11-12H,3-4,8-10H2,1-2H3. The number of fused-ring (bicyclic) bond motifs is 1. The van der Waals surface area contributed by atoms with Crippen LogP contribution in [0, 0.1) is 5.92 Å². The molecule has 1 amide bonds. The average Bonchev–Trinajstić information content (AvgIpc) is 3.25. The molecule has 2 aromatic rings. The zero-order chi connectivity index (χ0) is 14.1. The summed E-state index contributed by atoms with van der Waals surface area (Å²) in [6.07, 6.45) is 5.84. The van der Waals surface area contributed by atoms with Crippen molar-refractivity contribution in [1.82, 2.24) is 9.61 Å². The summed E-state index contributed by atoms with van der Waals surface area (Å²) < 4.78 is 1.89. The molecule has 0 spiro atoms. The van der Waals surface area contributed by atoms with Crippen LogP contribution in [-0.2, 0) is 11.2 Å². The smallest absolute Gasteiger partial charge is 0.230 e. The highest BCUT2D eigenvalue weighted by molar-refractivity contribution is 6.00. The van der Waals surface area contributed by atoms with E-state index in [0.717, 1.165) is 49.1 Å². The highest BCUT2D eigenvalue weighted by Gasteiger charge is 2.35. The maximum Gasteiger partial charge on any atom is 0.230 e. The largest absolute Gasteiger partial charge is 0.309 e. The molecule has 0 aromatic carbocycles. The minimum atomic E-state index is 0.241. The van der Waals surface area contributed by atoms with Gasteiger partial charge in [0.1, 0.15) is 0 Å². The van der Waals surface area contributed by atoms with Crippen molar-refractivity contribution in [3.63, 3.8) is 0 Å². The summed E-state index contributed by atoms with van der Waals surface area (Å²) in [5.74, 6) is 0.519. The van der Waals surface area contributed by atoms with Gasteiger partial charge in [-0.3, -0.25) is 4.79 Å². The van der Waals surface area contributed by atoms with Crippen LogP contribution in [0.1, 0.15) is 38.8 Å². The van der Waals surface area contributed by atoms with Gasteiger partial charge in [-0.15, -0.1) is 0 Å². The minimum absolute atomic E-state index is 0.241. The summed E-state index contributed by atoms with van der Waals surface area (Å²) in [5.41, 5.74) is 3.07. The summed E-state index contributed by atoms with van der Waals surface area (Å²) in [6.45, 7) is 4.99. The van der Waals surface area contributed by atoms with Crippen LogP contribution < -0.4 is 4.90 Å². The summed E-state index contributed by atoms with van der Waals surface area (Å²) in [4.78, 5) is 14.6. The van der Waals surface area contributed by atoms with Crippen LogP contribution in [0.25, 0.3) is 5.52 Å². The molecule has 0 aliphatic heterocycles. The van der Waals surface area contributed by atoms with E-state index in [0.29, 0.717) is 0 Å². The molecule has 4 nitrogen and oxygen atoms in total. The molecule has 1 aliphatic carbocycles. The Bertz CT molecular complexity index is 628. The van der Waals surface area contributed by atoms with E-state index in [4.69, 9.17) is 0 Å². The molecule has 4 heteroatoms. The lowest BCUT2D eigenvalue weighted by molar-refractivity contribution is -0.119. The van der Waals surface area contributed by atoms with Crippen molar-refractivity contribution in [1.29, 1.82) is 0 Å². The van der Waals surface area contributed by atoms with Crippen LogP contribution in [-0.4, -0.2) is 22.1 Å². The van der Waals surface area contributed by atoms with Gasteiger partial charge in [0.25, 0.3) is 0 Å². The number of anilines is 1. The topological polar surface area (TPSA) is 37.6 Å². The molecule has 0 saturated heterocycles. The van der Waals surface area contributed by atoms with Gasteiger partial charge in [0, 0.05) is 18.7 Å². The number of nitrogens with zero attached hydrogens (tertiary/aromatic N) is 3. The molecule has 0 radical (unpaired) electrons. The second-order valence-electron chi connectivity index (χ2n) is 5.44. The van der Waals surface area contributed by atoms with Gasteiger partial charge >= 0.3 is 0 Å². The fourth-order valence-electron chi connectivity index (χ4n) is 2.67. The Hall–Kier alpha value is -1.84. The molecule has 0 bridgehead atoms. The maximum absolute atomic E-state index is 12.6. The van der Waals surface area contributed by atoms with Crippen molar-refractivity contribution >= 4 is 17.1 Å². The van der Waals surface area contributed by atoms with E-state index >= 15 is 0 Å². The van der Waals surface area contributed by atoms with Gasteiger partial charge in [-0.05, 0) is 37.8 Å². The lowest BCUT2D eigenvalue weighted by Crippen LogP contribution is -2.33. The zero-order valence-corrected chi connectivity index (χ0v) is 12.2. The summed E-state index contributed by atoms with van der Waals surface area (Å²) >= 11 is 0. The second-order valence-corrected chi connectivity index (χ2v) is 5.44. The van der Waals surface area contributed by atoms with Gasteiger partial charge in [-0.2, -0.15) is 5.10 Å². The molecule has 3 rings (SSSR count). The Morgan fingerprint density at radius 3 is 2.85 bits per heavy atom. The number of hydrogen-bond acceptors (Lipinski definition) is 2. The van der Waals surface area contributed by atoms with Gasteiger partial charge in [0.2, 0.25) is 5.91 Å². The maximum atomic E-state index is 12.6. The van der Waals surface area contributed by atoms with Crippen molar-refractivity contribution in [2.24, 2.45) is 5.92 Å². The quantitative estimate of drug-likeness (QED) is 0.838. The number of pyridine rings is 1. The van der Waals surface area contributed by atoms with E-state index in [1.54, 1.807) is 0 Å². The third kappa shape index (κ3) is 2.19. The monoisotopic (exact) mass is 271 g/mol. The van der Waals surface area contributed by atoms with E-state index in [1.807, 2.05) is 33.8 Å². The average molecular weight is 271 g/mol. The van der Waals surface area contributed by atoms with Crippen LogP contribution in [0.3, 0.4) is 0 Å². The molecule has 1 fully saturated rings. The van der Waals surface area contributed by atoms with E-state index in [9.17, 15) is 4.79 Å². The number of amides is 1. The van der Waals surface area contributed by atoms with Crippen molar-refractivity contribution in [2.45, 2.75) is 39.5 Å². The van der Waals surface area contributed by atoms with Crippen LogP contribution in [0.2, 0.25) is 0 Å². The van der Waals surface area contributed by atoms with E-state index in [-0.39, 0.29) is 11.8 Å². The fraction of sp³-hybridized carbons (Fsp3) is 0.500. The normalized spacial score (nSPS) is 14.7. The Labute approximate surface area is 119 Å². The number of hydrogen-bond donors (Lipinski definition) is 0. The fourth-order valence-corrected chi connectivity index (χ4v) is 2.67. The van der Waals surface area contributed by atoms with Crippen LogP contribution in [0.4, 0.5) is 5.69 Å². The number of carbonyl (C=O) groups is 1. The van der Waals surface area contributed by atoms with Crippen molar-refractivity contribution in [2.75, 3.05) is 11.4 Å². The number of aromatic nitrogens is 2. The van der Waals surface area contributed by atoms with E-state index in [1.165, 1.54) is 0 Å². The molecule has 2 aromatic heterocycles. The Kier molecular flexibility index (Phi) is 3.47. The first kappa shape index (κ1) is 13.2. The Balaban J connectivity index is 2.10. The van der Waals surface area contributed by atoms with Crippen molar-refractivity contribution in [3.05, 3.63) is 30.1 Å². The third-order valence-electron chi connectivity index (χ3n) is 3.83. The van der Waals surface area contributed by atoms with Crippen molar-refractivity contribution < 1.29 is 4.79 Å². The molecule has 0 unspecified atom stereocenters. The molecule has 0 atom stereocenters. The van der Waals surface area contributed by atoms with Gasteiger partial charge in [-0.25, -0.2) is 4.52 Å². The SMILES string of the molecule is CCCN(C(=O)C1CC1)c1c(CC)nn2ccccc12. The van der Waals surface area contributed by atoms with E-state index < -0.39 is 0 Å².